The van der Waals surface area contributed by atoms with Gasteiger partial charge in [-0.25, -0.2) is 9.78 Å². The predicted octanol–water partition coefficient (Wildman–Crippen LogP) is 1.32. The number of fused-ring (bicyclic) bond motifs is 2. The number of aromatic nitrogens is 2. The molecule has 23 heavy (non-hydrogen) atoms. The molecule has 0 saturated heterocycles. The number of rotatable bonds is 1. The number of carbonyl (C=O) groups excluding carboxylic acids is 1. The molecule has 0 saturated carbocycles. The zero-order valence-corrected chi connectivity index (χ0v) is 13.3. The van der Waals surface area contributed by atoms with E-state index < -0.39 is 5.97 Å². The van der Waals surface area contributed by atoms with E-state index >= 15 is 0 Å². The van der Waals surface area contributed by atoms with E-state index in [0.717, 1.165) is 25.7 Å². The second-order valence-corrected chi connectivity index (χ2v) is 5.66. The van der Waals surface area contributed by atoms with E-state index in [9.17, 15) is 14.7 Å². The van der Waals surface area contributed by atoms with Gasteiger partial charge in [-0.3, -0.25) is 4.79 Å². The van der Waals surface area contributed by atoms with Gasteiger partial charge in [-0.2, -0.15) is 4.98 Å². The van der Waals surface area contributed by atoms with Crippen molar-refractivity contribution in [3.8, 4) is 0 Å². The van der Waals surface area contributed by atoms with Crippen LogP contribution < -0.4 is 16.0 Å². The van der Waals surface area contributed by atoms with Gasteiger partial charge in [-0.05, 0) is 25.7 Å². The summed E-state index contributed by atoms with van der Waals surface area (Å²) >= 11 is 0. The Kier molecular flexibility index (Phi) is 6.13. The van der Waals surface area contributed by atoms with Crippen LogP contribution in [0.25, 0.3) is 0 Å². The zero-order valence-electron chi connectivity index (χ0n) is 13.3. The summed E-state index contributed by atoms with van der Waals surface area (Å²) in [5.41, 5.74) is 0.0469. The maximum atomic E-state index is 11.9. The highest BCUT2D eigenvalue weighted by atomic mass is 16.4. The third-order valence-corrected chi connectivity index (χ3v) is 3.76. The molecule has 1 aliphatic heterocycles. The number of carboxylic acids is 1. The van der Waals surface area contributed by atoms with Gasteiger partial charge in [0.15, 0.2) is 0 Å². The first-order valence-electron chi connectivity index (χ1n) is 7.93. The van der Waals surface area contributed by atoms with Crippen molar-refractivity contribution in [2.75, 3.05) is 30.3 Å². The Morgan fingerprint density at radius 1 is 1.17 bits per heavy atom. The molecule has 1 aromatic heterocycles. The molecule has 8 nitrogen and oxygen atoms in total. The van der Waals surface area contributed by atoms with Crippen molar-refractivity contribution >= 4 is 23.6 Å². The summed E-state index contributed by atoms with van der Waals surface area (Å²) in [5.74, 6) is -0.337. The Hall–Kier alpha value is -2.38. The molecule has 1 amide bonds. The lowest BCUT2D eigenvalue weighted by molar-refractivity contribution is -0.124. The molecular formula is C15H23N5O3. The van der Waals surface area contributed by atoms with Crippen LogP contribution in [0, 0.1) is 5.92 Å². The molecule has 0 unspecified atom stereocenters. The van der Waals surface area contributed by atoms with Gasteiger partial charge in [0.2, 0.25) is 11.9 Å². The van der Waals surface area contributed by atoms with Gasteiger partial charge < -0.3 is 21.1 Å². The van der Waals surface area contributed by atoms with Crippen LogP contribution in [-0.4, -0.2) is 46.6 Å². The Labute approximate surface area is 135 Å². The lowest BCUT2D eigenvalue weighted by Crippen LogP contribution is -2.30. The number of nitrogens with one attached hydrogen (secondary N) is 3. The van der Waals surface area contributed by atoms with Crippen LogP contribution in [0.15, 0.2) is 6.20 Å². The van der Waals surface area contributed by atoms with Crippen LogP contribution >= 0.6 is 0 Å². The quantitative estimate of drug-likeness (QED) is 0.616. The summed E-state index contributed by atoms with van der Waals surface area (Å²) in [6.45, 7) is 3.78. The first-order chi connectivity index (χ1) is 11.1. The standard InChI is InChI=1S/C15H23N5O3/c1-10-5-4-8-16-12-11(14(22)23)9-19-15(20-12)18-7-3-2-6-17-13(10)21/h9-10H,2-8H2,1H3,(H,17,21)(H,22,23)(H2,16,18,19,20)/t10-/m0/s1. The molecule has 2 bridgehead atoms. The Morgan fingerprint density at radius 2 is 1.87 bits per heavy atom. The van der Waals surface area contributed by atoms with Gasteiger partial charge in [-0.15, -0.1) is 0 Å². The highest BCUT2D eigenvalue weighted by molar-refractivity contribution is 5.92. The Morgan fingerprint density at radius 3 is 2.61 bits per heavy atom. The molecule has 2 rings (SSSR count). The third kappa shape index (κ3) is 5.08. The lowest BCUT2D eigenvalue weighted by atomic mass is 10.0. The fourth-order valence-corrected chi connectivity index (χ4v) is 2.34. The fraction of sp³-hybridized carbons (Fsp3) is 0.600. The molecule has 0 radical (unpaired) electrons. The zero-order chi connectivity index (χ0) is 16.7. The smallest absolute Gasteiger partial charge is 0.341 e. The van der Waals surface area contributed by atoms with Crippen LogP contribution in [0.3, 0.4) is 0 Å². The number of carboxylic acid groups (broad SMARTS) is 1. The summed E-state index contributed by atoms with van der Waals surface area (Å²) in [4.78, 5) is 31.4. The van der Waals surface area contributed by atoms with E-state index in [1.807, 2.05) is 6.92 Å². The number of carbonyl (C=O) groups is 2. The molecule has 4 N–H and O–H groups in total. The van der Waals surface area contributed by atoms with E-state index in [-0.39, 0.29) is 17.4 Å². The van der Waals surface area contributed by atoms with Crippen LogP contribution in [0.5, 0.6) is 0 Å². The minimum absolute atomic E-state index is 0.0469. The largest absolute Gasteiger partial charge is 0.477 e. The predicted molar refractivity (Wildman–Crippen MR) is 86.6 cm³/mol. The van der Waals surface area contributed by atoms with Crippen molar-refractivity contribution < 1.29 is 14.7 Å². The normalized spacial score (nSPS) is 20.2. The second kappa shape index (κ2) is 8.30. The molecule has 1 aromatic rings. The van der Waals surface area contributed by atoms with Gasteiger partial charge in [0.25, 0.3) is 0 Å². The van der Waals surface area contributed by atoms with Crippen molar-refractivity contribution in [3.63, 3.8) is 0 Å². The second-order valence-electron chi connectivity index (χ2n) is 5.66. The van der Waals surface area contributed by atoms with Crippen molar-refractivity contribution in [2.45, 2.75) is 32.6 Å². The molecule has 0 aliphatic carbocycles. The van der Waals surface area contributed by atoms with Crippen LogP contribution in [0.4, 0.5) is 11.8 Å². The topological polar surface area (TPSA) is 116 Å². The maximum Gasteiger partial charge on any atom is 0.341 e. The molecule has 1 atom stereocenters. The van der Waals surface area contributed by atoms with E-state index in [2.05, 4.69) is 25.9 Å². The van der Waals surface area contributed by atoms with Gasteiger partial charge in [0, 0.05) is 31.7 Å². The molecule has 0 aromatic carbocycles. The molecule has 0 fully saturated rings. The van der Waals surface area contributed by atoms with Crippen LogP contribution in [0.1, 0.15) is 43.0 Å². The molecule has 8 heteroatoms. The SMILES string of the molecule is C[C@H]1CCCNc2nc(ncc2C(=O)O)NCCCCNC1=O. The third-order valence-electron chi connectivity index (χ3n) is 3.76. The lowest BCUT2D eigenvalue weighted by Gasteiger charge is -2.12. The highest BCUT2D eigenvalue weighted by Gasteiger charge is 2.15. The summed E-state index contributed by atoms with van der Waals surface area (Å²) in [5, 5.41) is 18.2. The van der Waals surface area contributed by atoms with E-state index in [1.54, 1.807) is 0 Å². The number of anilines is 2. The van der Waals surface area contributed by atoms with E-state index in [1.165, 1.54) is 6.20 Å². The molecule has 2 heterocycles. The van der Waals surface area contributed by atoms with Crippen molar-refractivity contribution in [1.29, 1.82) is 0 Å². The monoisotopic (exact) mass is 321 g/mol. The summed E-state index contributed by atoms with van der Waals surface area (Å²) in [6.07, 6.45) is 4.52. The van der Waals surface area contributed by atoms with Crippen LogP contribution in [-0.2, 0) is 4.79 Å². The molecule has 126 valence electrons. The van der Waals surface area contributed by atoms with E-state index in [4.69, 9.17) is 0 Å². The fourth-order valence-electron chi connectivity index (χ4n) is 2.34. The average Bonchev–Trinajstić information content (AvgIpc) is 2.53. The van der Waals surface area contributed by atoms with Gasteiger partial charge >= 0.3 is 5.97 Å². The Bertz CT molecular complexity index is 564. The number of nitrogens with zero attached hydrogens (tertiary/aromatic N) is 2. The molecule has 0 spiro atoms. The van der Waals surface area contributed by atoms with E-state index in [0.29, 0.717) is 31.4 Å². The highest BCUT2D eigenvalue weighted by Crippen LogP contribution is 2.15. The van der Waals surface area contributed by atoms with Gasteiger partial charge in [-0.1, -0.05) is 6.92 Å². The minimum Gasteiger partial charge on any atom is -0.477 e. The minimum atomic E-state index is -1.07. The maximum absolute atomic E-state index is 11.9. The van der Waals surface area contributed by atoms with Crippen molar-refractivity contribution in [1.82, 2.24) is 15.3 Å². The number of amides is 1. The average molecular weight is 321 g/mol. The Balaban J connectivity index is 2.10. The number of hydrogen-bond acceptors (Lipinski definition) is 6. The summed E-state index contributed by atoms with van der Waals surface area (Å²) < 4.78 is 0. The van der Waals surface area contributed by atoms with Crippen molar-refractivity contribution in [3.05, 3.63) is 11.8 Å². The molecule has 1 aliphatic rings. The molecular weight excluding hydrogens is 298 g/mol. The summed E-state index contributed by atoms with van der Waals surface area (Å²) in [7, 11) is 0. The summed E-state index contributed by atoms with van der Waals surface area (Å²) in [6, 6.07) is 0. The first-order valence-corrected chi connectivity index (χ1v) is 7.93. The van der Waals surface area contributed by atoms with Crippen LogP contribution in [0.2, 0.25) is 0 Å². The number of aromatic carboxylic acids is 1. The number of hydrogen-bond donors (Lipinski definition) is 4. The van der Waals surface area contributed by atoms with Gasteiger partial charge in [0.05, 0.1) is 0 Å². The van der Waals surface area contributed by atoms with Crippen molar-refractivity contribution in [2.24, 2.45) is 5.92 Å². The first kappa shape index (κ1) is 17.0. The van der Waals surface area contributed by atoms with Gasteiger partial charge in [0.1, 0.15) is 11.4 Å².